The molecule has 1 heterocycles. The second kappa shape index (κ2) is 5.16. The van der Waals surface area contributed by atoms with Crippen molar-refractivity contribution in [2.45, 2.75) is 11.3 Å². The molecule has 108 valence electrons. The summed E-state index contributed by atoms with van der Waals surface area (Å²) in [6.07, 6.45) is 0.619. The van der Waals surface area contributed by atoms with Gasteiger partial charge in [0.2, 0.25) is 0 Å². The molecular formula is C15H12ClNO3S. The summed E-state index contributed by atoms with van der Waals surface area (Å²) in [7, 11) is 1.60. The van der Waals surface area contributed by atoms with Gasteiger partial charge in [0.15, 0.2) is 0 Å². The summed E-state index contributed by atoms with van der Waals surface area (Å²) in [4.78, 5) is 14.2. The lowest BCUT2D eigenvalue weighted by molar-refractivity contribution is 0.0989. The Bertz CT molecular complexity index is 803. The molecule has 0 saturated carbocycles. The monoisotopic (exact) mass is 321 g/mol. The highest BCUT2D eigenvalue weighted by molar-refractivity contribution is 8.13. The predicted octanol–water partition coefficient (Wildman–Crippen LogP) is 2.82. The lowest BCUT2D eigenvalue weighted by Gasteiger charge is -2.17. The Morgan fingerprint density at radius 1 is 1.10 bits per heavy atom. The van der Waals surface area contributed by atoms with Gasteiger partial charge in [0.05, 0.1) is 4.90 Å². The fourth-order valence-corrected chi connectivity index (χ4v) is 3.28. The number of carbonyl (C=O) groups excluding carboxylic acids is 1. The van der Waals surface area contributed by atoms with E-state index in [9.17, 15) is 13.2 Å². The van der Waals surface area contributed by atoms with E-state index in [0.717, 1.165) is 11.3 Å². The minimum absolute atomic E-state index is 0.0666. The summed E-state index contributed by atoms with van der Waals surface area (Å²) in [5, 5.41) is 0. The van der Waals surface area contributed by atoms with Crippen LogP contribution in [0.1, 0.15) is 15.9 Å². The van der Waals surface area contributed by atoms with E-state index in [4.69, 9.17) is 10.7 Å². The highest BCUT2D eigenvalue weighted by atomic mass is 35.7. The van der Waals surface area contributed by atoms with Gasteiger partial charge in [-0.05, 0) is 42.3 Å². The lowest BCUT2D eigenvalue weighted by Crippen LogP contribution is -2.28. The highest BCUT2D eigenvalue weighted by Crippen LogP contribution is 2.32. The number of hydrogen-bond donors (Lipinski definition) is 0. The van der Waals surface area contributed by atoms with E-state index >= 15 is 0 Å². The third kappa shape index (κ3) is 2.66. The third-order valence-corrected chi connectivity index (χ3v) is 4.85. The highest BCUT2D eigenvalue weighted by Gasteiger charge is 2.26. The molecule has 0 saturated heterocycles. The minimum Gasteiger partial charge on any atom is -0.308 e. The Labute approximate surface area is 127 Å². The Morgan fingerprint density at radius 3 is 2.48 bits per heavy atom. The van der Waals surface area contributed by atoms with Gasteiger partial charge in [0, 0.05) is 28.5 Å². The fraction of sp³-hybridized carbons (Fsp3) is 0.133. The zero-order valence-electron chi connectivity index (χ0n) is 11.0. The van der Waals surface area contributed by atoms with Crippen LogP contribution in [-0.2, 0) is 15.5 Å². The van der Waals surface area contributed by atoms with Crippen molar-refractivity contribution in [2.24, 2.45) is 0 Å². The summed E-state index contributed by atoms with van der Waals surface area (Å²) in [5.41, 5.74) is 2.17. The first kappa shape index (κ1) is 14.1. The maximum atomic E-state index is 12.5. The van der Waals surface area contributed by atoms with Crippen molar-refractivity contribution in [1.29, 1.82) is 0 Å². The molecule has 2 aromatic rings. The van der Waals surface area contributed by atoms with Crippen LogP contribution < -0.4 is 4.90 Å². The summed E-state index contributed by atoms with van der Waals surface area (Å²) >= 11 is 0. The second-order valence-electron chi connectivity index (χ2n) is 4.80. The first-order valence-electron chi connectivity index (χ1n) is 6.41. The van der Waals surface area contributed by atoms with Crippen molar-refractivity contribution in [3.8, 4) is 0 Å². The smallest absolute Gasteiger partial charge is 0.261 e. The topological polar surface area (TPSA) is 54.5 Å². The zero-order chi connectivity index (χ0) is 15.0. The number of hydrogen-bond acceptors (Lipinski definition) is 3. The number of nitrogens with zero attached hydrogens (tertiary/aromatic N) is 1. The van der Waals surface area contributed by atoms with Crippen LogP contribution in [0.15, 0.2) is 53.4 Å². The van der Waals surface area contributed by atoms with Gasteiger partial charge in [-0.3, -0.25) is 4.79 Å². The lowest BCUT2D eigenvalue weighted by atomic mass is 10.1. The fourth-order valence-electron chi connectivity index (χ4n) is 2.48. The van der Waals surface area contributed by atoms with Gasteiger partial charge in [-0.2, -0.15) is 0 Å². The first-order chi connectivity index (χ1) is 9.97. The molecule has 0 atom stereocenters. The summed E-state index contributed by atoms with van der Waals surface area (Å²) in [6, 6.07) is 13.6. The van der Waals surface area contributed by atoms with E-state index in [1.165, 1.54) is 12.1 Å². The molecule has 0 aromatic heterocycles. The molecule has 0 N–H and O–H groups in total. The normalized spacial score (nSPS) is 14.0. The number of carbonyl (C=O) groups is 1. The number of rotatable bonds is 2. The van der Waals surface area contributed by atoms with Crippen LogP contribution in [0, 0.1) is 0 Å². The van der Waals surface area contributed by atoms with Gasteiger partial charge in [0.25, 0.3) is 15.0 Å². The Balaban J connectivity index is 1.97. The molecule has 0 bridgehead atoms. The molecule has 6 heteroatoms. The van der Waals surface area contributed by atoms with Gasteiger partial charge in [-0.1, -0.05) is 18.2 Å². The van der Waals surface area contributed by atoms with Crippen molar-refractivity contribution < 1.29 is 13.2 Å². The largest absolute Gasteiger partial charge is 0.308 e. The van der Waals surface area contributed by atoms with Crippen LogP contribution >= 0.6 is 10.7 Å². The molecule has 1 aliphatic heterocycles. The molecule has 0 spiro atoms. The number of fused-ring (bicyclic) bond motifs is 1. The summed E-state index contributed by atoms with van der Waals surface area (Å²) in [5.74, 6) is -0.0872. The van der Waals surface area contributed by atoms with Gasteiger partial charge in [-0.25, -0.2) is 8.42 Å². The van der Waals surface area contributed by atoms with Crippen LogP contribution in [0.5, 0.6) is 0 Å². The van der Waals surface area contributed by atoms with Gasteiger partial charge < -0.3 is 4.90 Å². The quantitative estimate of drug-likeness (QED) is 0.799. The van der Waals surface area contributed by atoms with E-state index < -0.39 is 9.05 Å². The van der Waals surface area contributed by atoms with Crippen molar-refractivity contribution in [3.63, 3.8) is 0 Å². The predicted molar refractivity (Wildman–Crippen MR) is 81.3 cm³/mol. The first-order valence-corrected chi connectivity index (χ1v) is 8.72. The Morgan fingerprint density at radius 2 is 1.81 bits per heavy atom. The molecular weight excluding hydrogens is 310 g/mol. The van der Waals surface area contributed by atoms with E-state index in [0.29, 0.717) is 18.5 Å². The number of anilines is 1. The van der Waals surface area contributed by atoms with E-state index in [2.05, 4.69) is 0 Å². The average Bonchev–Trinajstić information content (AvgIpc) is 2.89. The Hall–Kier alpha value is -1.85. The molecule has 0 radical (unpaired) electrons. The molecule has 0 unspecified atom stereocenters. The summed E-state index contributed by atoms with van der Waals surface area (Å²) in [6.45, 7) is 0.537. The molecule has 4 nitrogen and oxygen atoms in total. The zero-order valence-corrected chi connectivity index (χ0v) is 12.6. The third-order valence-electron chi connectivity index (χ3n) is 3.49. The van der Waals surface area contributed by atoms with Crippen LogP contribution in [-0.4, -0.2) is 20.9 Å². The molecule has 0 fully saturated rings. The van der Waals surface area contributed by atoms with Crippen LogP contribution in [0.2, 0.25) is 0 Å². The van der Waals surface area contributed by atoms with Crippen LogP contribution in [0.3, 0.4) is 0 Å². The molecule has 0 aliphatic carbocycles. The molecule has 3 rings (SSSR count). The molecule has 1 amide bonds. The Kier molecular flexibility index (Phi) is 3.47. The van der Waals surface area contributed by atoms with Crippen LogP contribution in [0.4, 0.5) is 5.69 Å². The van der Waals surface area contributed by atoms with E-state index in [1.807, 2.05) is 18.2 Å². The number of halogens is 1. The molecule has 1 aliphatic rings. The van der Waals surface area contributed by atoms with Gasteiger partial charge in [-0.15, -0.1) is 0 Å². The average molecular weight is 322 g/mol. The van der Waals surface area contributed by atoms with Crippen molar-refractivity contribution in [1.82, 2.24) is 0 Å². The molecule has 21 heavy (non-hydrogen) atoms. The molecule has 2 aromatic carbocycles. The second-order valence-corrected chi connectivity index (χ2v) is 7.37. The maximum absolute atomic E-state index is 12.5. The minimum atomic E-state index is -3.75. The summed E-state index contributed by atoms with van der Waals surface area (Å²) < 4.78 is 22.7. The van der Waals surface area contributed by atoms with Crippen molar-refractivity contribution in [2.75, 3.05) is 11.4 Å². The maximum Gasteiger partial charge on any atom is 0.261 e. The van der Waals surface area contributed by atoms with E-state index in [-0.39, 0.29) is 10.8 Å². The number of amides is 1. The van der Waals surface area contributed by atoms with Gasteiger partial charge in [0.1, 0.15) is 0 Å². The number of benzene rings is 2. The SMILES string of the molecule is O=C(c1ccccc1)N1CCc2cc(S(=O)(=O)Cl)ccc21. The standard InChI is InChI=1S/C15H12ClNO3S/c16-21(19,20)13-6-7-14-12(10-13)8-9-17(14)15(18)11-4-2-1-3-5-11/h1-7,10H,8-9H2. The van der Waals surface area contributed by atoms with Crippen LogP contribution in [0.25, 0.3) is 0 Å². The van der Waals surface area contributed by atoms with Crippen molar-refractivity contribution in [3.05, 3.63) is 59.7 Å². The van der Waals surface area contributed by atoms with Crippen molar-refractivity contribution >= 4 is 31.3 Å². The van der Waals surface area contributed by atoms with E-state index in [1.54, 1.807) is 23.1 Å². The van der Waals surface area contributed by atoms with Gasteiger partial charge >= 0.3 is 0 Å².